The number of hydrogen-bond acceptors (Lipinski definition) is 3. The van der Waals surface area contributed by atoms with Crippen molar-refractivity contribution in [2.24, 2.45) is 0 Å². The molecule has 1 heterocycles. The second kappa shape index (κ2) is 3.46. The highest BCUT2D eigenvalue weighted by Gasteiger charge is 2.14. The van der Waals surface area contributed by atoms with Gasteiger partial charge in [0.15, 0.2) is 5.75 Å². The number of aromatic hydroxyl groups is 1. The van der Waals surface area contributed by atoms with Crippen molar-refractivity contribution in [3.05, 3.63) is 23.3 Å². The van der Waals surface area contributed by atoms with Gasteiger partial charge in [0.05, 0.1) is 12.0 Å². The molecule has 1 aromatic heterocycles. The van der Waals surface area contributed by atoms with E-state index in [1.165, 1.54) is 0 Å². The maximum absolute atomic E-state index is 13.1. The summed E-state index contributed by atoms with van der Waals surface area (Å²) in [6.07, 6.45) is 0. The molecule has 0 saturated carbocycles. The van der Waals surface area contributed by atoms with Crippen molar-refractivity contribution in [3.8, 4) is 11.5 Å². The minimum atomic E-state index is -0.563. The van der Waals surface area contributed by atoms with E-state index in [4.69, 9.17) is 4.74 Å². The Morgan fingerprint density at radius 2 is 2.29 bits per heavy atom. The predicted molar refractivity (Wildman–Crippen MR) is 54.6 cm³/mol. The first-order valence-electron chi connectivity index (χ1n) is 4.26. The zero-order chi connectivity index (χ0) is 10.1. The van der Waals surface area contributed by atoms with Crippen LogP contribution in [-0.4, -0.2) is 11.7 Å². The lowest BCUT2D eigenvalue weighted by atomic mass is 10.2. The van der Waals surface area contributed by atoms with Crippen LogP contribution < -0.4 is 4.74 Å². The fourth-order valence-corrected chi connectivity index (χ4v) is 2.19. The SMILES string of the molecule is CCOc1cccc2sc(F)c(O)c12. The molecular formula is C10H9FO2S. The normalized spacial score (nSPS) is 10.7. The van der Waals surface area contributed by atoms with E-state index in [1.54, 1.807) is 18.2 Å². The lowest BCUT2D eigenvalue weighted by Crippen LogP contribution is -1.90. The first-order valence-corrected chi connectivity index (χ1v) is 5.08. The molecule has 0 saturated heterocycles. The first kappa shape index (κ1) is 9.27. The van der Waals surface area contributed by atoms with Gasteiger partial charge in [-0.1, -0.05) is 6.07 Å². The third-order valence-corrected chi connectivity index (χ3v) is 2.84. The third kappa shape index (κ3) is 1.32. The van der Waals surface area contributed by atoms with Gasteiger partial charge in [0.25, 0.3) is 0 Å². The second-order valence-electron chi connectivity index (χ2n) is 2.79. The largest absolute Gasteiger partial charge is 0.504 e. The van der Waals surface area contributed by atoms with Gasteiger partial charge < -0.3 is 9.84 Å². The van der Waals surface area contributed by atoms with Gasteiger partial charge in [0.2, 0.25) is 5.13 Å². The van der Waals surface area contributed by atoms with E-state index >= 15 is 0 Å². The zero-order valence-corrected chi connectivity index (χ0v) is 8.40. The van der Waals surface area contributed by atoms with Crippen LogP contribution in [0, 0.1) is 5.13 Å². The molecular weight excluding hydrogens is 203 g/mol. The van der Waals surface area contributed by atoms with Gasteiger partial charge >= 0.3 is 0 Å². The molecule has 0 aliphatic carbocycles. The summed E-state index contributed by atoms with van der Waals surface area (Å²) in [6, 6.07) is 5.26. The summed E-state index contributed by atoms with van der Waals surface area (Å²) in [5.41, 5.74) is 0. The van der Waals surface area contributed by atoms with Crippen LogP contribution in [-0.2, 0) is 0 Å². The Labute approximate surface area is 84.6 Å². The molecule has 2 nitrogen and oxygen atoms in total. The van der Waals surface area contributed by atoms with Crippen molar-refractivity contribution in [2.45, 2.75) is 6.92 Å². The van der Waals surface area contributed by atoms with Gasteiger partial charge in [-0.15, -0.1) is 11.3 Å². The molecule has 0 bridgehead atoms. The van der Waals surface area contributed by atoms with Gasteiger partial charge in [-0.2, -0.15) is 4.39 Å². The Morgan fingerprint density at radius 1 is 1.50 bits per heavy atom. The van der Waals surface area contributed by atoms with Gasteiger partial charge in [-0.3, -0.25) is 0 Å². The summed E-state index contributed by atoms with van der Waals surface area (Å²) >= 11 is 0.922. The Morgan fingerprint density at radius 3 is 3.00 bits per heavy atom. The Hall–Kier alpha value is -1.29. The number of benzene rings is 1. The molecule has 14 heavy (non-hydrogen) atoms. The molecule has 1 aromatic carbocycles. The molecule has 0 aliphatic rings. The van der Waals surface area contributed by atoms with Crippen LogP contribution in [0.15, 0.2) is 18.2 Å². The van der Waals surface area contributed by atoms with Gasteiger partial charge in [0, 0.05) is 4.70 Å². The fraction of sp³-hybridized carbons (Fsp3) is 0.200. The third-order valence-electron chi connectivity index (χ3n) is 1.91. The predicted octanol–water partition coefficient (Wildman–Crippen LogP) is 3.14. The molecule has 0 atom stereocenters. The van der Waals surface area contributed by atoms with E-state index in [2.05, 4.69) is 0 Å². The lowest BCUT2D eigenvalue weighted by Gasteiger charge is -2.03. The van der Waals surface area contributed by atoms with E-state index in [9.17, 15) is 9.50 Å². The van der Waals surface area contributed by atoms with Crippen LogP contribution in [0.4, 0.5) is 4.39 Å². The highest BCUT2D eigenvalue weighted by Crippen LogP contribution is 2.40. The van der Waals surface area contributed by atoms with Crippen molar-refractivity contribution in [1.82, 2.24) is 0 Å². The van der Waals surface area contributed by atoms with Crippen molar-refractivity contribution in [2.75, 3.05) is 6.61 Å². The van der Waals surface area contributed by atoms with E-state index in [1.807, 2.05) is 6.92 Å². The molecule has 0 aliphatic heterocycles. The summed E-state index contributed by atoms with van der Waals surface area (Å²) < 4.78 is 19.1. The average Bonchev–Trinajstić information content (AvgIpc) is 2.45. The van der Waals surface area contributed by atoms with Crippen LogP contribution in [0.25, 0.3) is 10.1 Å². The Kier molecular flexibility index (Phi) is 2.29. The minimum Gasteiger partial charge on any atom is -0.504 e. The number of fused-ring (bicyclic) bond motifs is 1. The summed E-state index contributed by atoms with van der Waals surface area (Å²) in [5.74, 6) is 0.219. The quantitative estimate of drug-likeness (QED) is 0.828. The van der Waals surface area contributed by atoms with Crippen molar-refractivity contribution in [3.63, 3.8) is 0 Å². The topological polar surface area (TPSA) is 29.5 Å². The number of thiophene rings is 1. The highest BCUT2D eigenvalue weighted by molar-refractivity contribution is 7.18. The van der Waals surface area contributed by atoms with Gasteiger partial charge in [0.1, 0.15) is 5.75 Å². The lowest BCUT2D eigenvalue weighted by molar-refractivity contribution is 0.342. The minimum absolute atomic E-state index is 0.311. The maximum atomic E-state index is 13.1. The average molecular weight is 212 g/mol. The highest BCUT2D eigenvalue weighted by atomic mass is 32.1. The summed E-state index contributed by atoms with van der Waals surface area (Å²) in [6.45, 7) is 2.34. The number of hydrogen-bond donors (Lipinski definition) is 1. The van der Waals surface area contributed by atoms with Crippen LogP contribution in [0.2, 0.25) is 0 Å². The molecule has 74 valence electrons. The second-order valence-corrected chi connectivity index (χ2v) is 3.79. The summed E-state index contributed by atoms with van der Waals surface area (Å²) in [7, 11) is 0. The van der Waals surface area contributed by atoms with E-state index in [0.29, 0.717) is 22.4 Å². The Balaban J connectivity index is 2.71. The standard InChI is InChI=1S/C10H9FO2S/c1-2-13-6-4-3-5-7-8(6)9(12)10(11)14-7/h3-5,12H,2H2,1H3. The molecule has 0 unspecified atom stereocenters. The molecule has 0 amide bonds. The molecule has 1 N–H and O–H groups in total. The molecule has 0 spiro atoms. The van der Waals surface area contributed by atoms with Crippen LogP contribution in [0.3, 0.4) is 0 Å². The van der Waals surface area contributed by atoms with E-state index < -0.39 is 5.13 Å². The zero-order valence-electron chi connectivity index (χ0n) is 7.58. The molecule has 4 heteroatoms. The van der Waals surface area contributed by atoms with Gasteiger partial charge in [-0.25, -0.2) is 0 Å². The molecule has 0 radical (unpaired) electrons. The number of rotatable bonds is 2. The molecule has 2 rings (SSSR count). The molecule has 0 fully saturated rings. The van der Waals surface area contributed by atoms with Crippen LogP contribution in [0.5, 0.6) is 11.5 Å². The summed E-state index contributed by atoms with van der Waals surface area (Å²) in [4.78, 5) is 0. The number of halogens is 1. The number of ether oxygens (including phenoxy) is 1. The first-order chi connectivity index (χ1) is 6.74. The smallest absolute Gasteiger partial charge is 0.219 e. The monoisotopic (exact) mass is 212 g/mol. The van der Waals surface area contributed by atoms with E-state index in [0.717, 1.165) is 11.3 Å². The Bertz CT molecular complexity index is 464. The van der Waals surface area contributed by atoms with Crippen molar-refractivity contribution < 1.29 is 14.2 Å². The van der Waals surface area contributed by atoms with Crippen molar-refractivity contribution >= 4 is 21.4 Å². The maximum Gasteiger partial charge on any atom is 0.219 e. The van der Waals surface area contributed by atoms with E-state index in [-0.39, 0.29) is 5.75 Å². The van der Waals surface area contributed by atoms with Gasteiger partial charge in [-0.05, 0) is 19.1 Å². The fourth-order valence-electron chi connectivity index (χ4n) is 1.35. The van der Waals surface area contributed by atoms with Crippen LogP contribution >= 0.6 is 11.3 Å². The summed E-state index contributed by atoms with van der Waals surface area (Å²) in [5, 5.41) is 9.37. The van der Waals surface area contributed by atoms with Crippen LogP contribution in [0.1, 0.15) is 6.92 Å². The molecule has 2 aromatic rings. The van der Waals surface area contributed by atoms with Crippen molar-refractivity contribution in [1.29, 1.82) is 0 Å².